The third-order valence-electron chi connectivity index (χ3n) is 3.09. The highest BCUT2D eigenvalue weighted by Gasteiger charge is 2.11. The summed E-state index contributed by atoms with van der Waals surface area (Å²) in [6.07, 6.45) is 1.58. The predicted octanol–water partition coefficient (Wildman–Crippen LogP) is 3.48. The van der Waals surface area contributed by atoms with Gasteiger partial charge in [0.1, 0.15) is 0 Å². The molecule has 0 spiro atoms. The maximum Gasteiger partial charge on any atom is 0.277 e. The molecule has 110 valence electrons. The van der Waals surface area contributed by atoms with E-state index >= 15 is 0 Å². The van der Waals surface area contributed by atoms with E-state index in [4.69, 9.17) is 11.6 Å². The fourth-order valence-corrected chi connectivity index (χ4v) is 2.13. The summed E-state index contributed by atoms with van der Waals surface area (Å²) in [5, 5.41) is 11.3. The number of amides is 1. The Balaban J connectivity index is 1.78. The topological polar surface area (TPSA) is 59.8 Å². The fourth-order valence-electron chi connectivity index (χ4n) is 2.01. The summed E-state index contributed by atoms with van der Waals surface area (Å²) in [5.74, 6) is -0.300. The van der Waals surface area contributed by atoms with Crippen molar-refractivity contribution in [1.82, 2.24) is 15.0 Å². The average molecular weight is 313 g/mol. The molecule has 1 N–H and O–H groups in total. The van der Waals surface area contributed by atoms with E-state index in [1.807, 2.05) is 31.2 Å². The van der Waals surface area contributed by atoms with Gasteiger partial charge in [-0.15, -0.1) is 5.10 Å². The average Bonchev–Trinajstić information content (AvgIpc) is 2.98. The number of benzene rings is 2. The molecule has 1 heterocycles. The fraction of sp³-hybridized carbons (Fsp3) is 0.0625. The lowest BCUT2D eigenvalue weighted by Crippen LogP contribution is -2.12. The van der Waals surface area contributed by atoms with Crippen molar-refractivity contribution in [2.45, 2.75) is 6.92 Å². The number of halogens is 1. The molecule has 0 aliphatic carbocycles. The van der Waals surface area contributed by atoms with Gasteiger partial charge < -0.3 is 5.32 Å². The number of aryl methyl sites for hydroxylation is 1. The number of carbonyl (C=O) groups excluding carboxylic acids is 1. The van der Waals surface area contributed by atoms with Crippen molar-refractivity contribution < 1.29 is 4.79 Å². The summed E-state index contributed by atoms with van der Waals surface area (Å²) < 4.78 is 1.53. The highest BCUT2D eigenvalue weighted by Crippen LogP contribution is 2.14. The maximum atomic E-state index is 12.2. The Morgan fingerprint density at radius 3 is 2.68 bits per heavy atom. The lowest BCUT2D eigenvalue weighted by atomic mass is 10.2. The van der Waals surface area contributed by atoms with Crippen LogP contribution in [0, 0.1) is 6.92 Å². The van der Waals surface area contributed by atoms with E-state index in [9.17, 15) is 4.79 Å². The molecule has 6 heteroatoms. The first-order chi connectivity index (χ1) is 10.6. The minimum absolute atomic E-state index is 0.247. The molecule has 3 rings (SSSR count). The Bertz CT molecular complexity index is 811. The summed E-state index contributed by atoms with van der Waals surface area (Å²) in [5.41, 5.74) is 2.83. The molecule has 0 bridgehead atoms. The molecule has 22 heavy (non-hydrogen) atoms. The van der Waals surface area contributed by atoms with Gasteiger partial charge in [-0.25, -0.2) is 4.68 Å². The lowest BCUT2D eigenvalue weighted by molar-refractivity contribution is 0.102. The summed E-state index contributed by atoms with van der Waals surface area (Å²) in [6.45, 7) is 1.96. The number of rotatable bonds is 3. The normalized spacial score (nSPS) is 10.5. The molecule has 1 amide bonds. The van der Waals surface area contributed by atoms with Crippen LogP contribution in [0.2, 0.25) is 5.02 Å². The Labute approximate surface area is 132 Å². The van der Waals surface area contributed by atoms with Gasteiger partial charge in [0, 0.05) is 10.7 Å². The van der Waals surface area contributed by atoms with E-state index in [0.29, 0.717) is 5.02 Å². The van der Waals surface area contributed by atoms with Crippen LogP contribution < -0.4 is 5.32 Å². The van der Waals surface area contributed by atoms with Crippen molar-refractivity contribution in [1.29, 1.82) is 0 Å². The zero-order valence-electron chi connectivity index (χ0n) is 11.8. The molecule has 3 aromatic rings. The number of hydrogen-bond donors (Lipinski definition) is 1. The second kappa shape index (κ2) is 5.99. The van der Waals surface area contributed by atoms with Crippen molar-refractivity contribution in [3.63, 3.8) is 0 Å². The minimum Gasteiger partial charge on any atom is -0.321 e. The Morgan fingerprint density at radius 2 is 1.95 bits per heavy atom. The summed E-state index contributed by atoms with van der Waals surface area (Å²) in [7, 11) is 0. The van der Waals surface area contributed by atoms with Crippen molar-refractivity contribution in [2.75, 3.05) is 5.32 Å². The first-order valence-electron chi connectivity index (χ1n) is 6.68. The SMILES string of the molecule is Cc1cccc(NC(=O)c2cn(-c3ccc(Cl)cc3)nn2)c1. The molecule has 0 saturated heterocycles. The van der Waals surface area contributed by atoms with Crippen molar-refractivity contribution in [3.05, 3.63) is 71.0 Å². The molecule has 0 saturated carbocycles. The third kappa shape index (κ3) is 3.15. The van der Waals surface area contributed by atoms with Crippen molar-refractivity contribution >= 4 is 23.2 Å². The number of carbonyl (C=O) groups is 1. The van der Waals surface area contributed by atoms with Crippen LogP contribution in [-0.2, 0) is 0 Å². The van der Waals surface area contributed by atoms with Crippen LogP contribution in [0.3, 0.4) is 0 Å². The zero-order valence-corrected chi connectivity index (χ0v) is 12.6. The standard InChI is InChI=1S/C16H13ClN4O/c1-11-3-2-4-13(9-11)18-16(22)15-10-21(20-19-15)14-7-5-12(17)6-8-14/h2-10H,1H3,(H,18,22). The number of nitrogens with zero attached hydrogens (tertiary/aromatic N) is 3. The number of hydrogen-bond acceptors (Lipinski definition) is 3. The lowest BCUT2D eigenvalue weighted by Gasteiger charge is -2.03. The van der Waals surface area contributed by atoms with Gasteiger partial charge in [-0.3, -0.25) is 4.79 Å². The van der Waals surface area contributed by atoms with Crippen LogP contribution in [0.1, 0.15) is 16.1 Å². The quantitative estimate of drug-likeness (QED) is 0.805. The molecule has 0 unspecified atom stereocenters. The molecule has 0 fully saturated rings. The van der Waals surface area contributed by atoms with Crippen LogP contribution >= 0.6 is 11.6 Å². The minimum atomic E-state index is -0.300. The van der Waals surface area contributed by atoms with Crippen molar-refractivity contribution in [2.24, 2.45) is 0 Å². The number of nitrogens with one attached hydrogen (secondary N) is 1. The number of aromatic nitrogens is 3. The van der Waals surface area contributed by atoms with Crippen LogP contribution in [0.4, 0.5) is 5.69 Å². The largest absolute Gasteiger partial charge is 0.321 e. The van der Waals surface area contributed by atoms with Gasteiger partial charge >= 0.3 is 0 Å². The molecule has 1 aromatic heterocycles. The Morgan fingerprint density at radius 1 is 1.18 bits per heavy atom. The molecule has 0 atom stereocenters. The Kier molecular flexibility index (Phi) is 3.89. The third-order valence-corrected chi connectivity index (χ3v) is 3.35. The molecule has 0 aliphatic rings. The van der Waals surface area contributed by atoms with Gasteiger partial charge in [-0.1, -0.05) is 28.9 Å². The molecule has 0 radical (unpaired) electrons. The van der Waals surface area contributed by atoms with E-state index in [-0.39, 0.29) is 11.6 Å². The Hall–Kier alpha value is -2.66. The predicted molar refractivity (Wildman–Crippen MR) is 85.5 cm³/mol. The van der Waals surface area contributed by atoms with Gasteiger partial charge in [-0.05, 0) is 48.9 Å². The van der Waals surface area contributed by atoms with Crippen LogP contribution in [-0.4, -0.2) is 20.9 Å². The highest BCUT2D eigenvalue weighted by atomic mass is 35.5. The van der Waals surface area contributed by atoms with Gasteiger partial charge in [0.2, 0.25) is 0 Å². The van der Waals surface area contributed by atoms with E-state index in [1.54, 1.807) is 30.5 Å². The number of anilines is 1. The summed E-state index contributed by atoms with van der Waals surface area (Å²) >= 11 is 5.85. The molecule has 2 aromatic carbocycles. The highest BCUT2D eigenvalue weighted by molar-refractivity contribution is 6.30. The zero-order chi connectivity index (χ0) is 15.5. The second-order valence-corrected chi connectivity index (χ2v) is 5.28. The summed E-state index contributed by atoms with van der Waals surface area (Å²) in [6, 6.07) is 14.7. The smallest absolute Gasteiger partial charge is 0.277 e. The van der Waals surface area contributed by atoms with Gasteiger partial charge in [0.15, 0.2) is 5.69 Å². The molecular formula is C16H13ClN4O. The van der Waals surface area contributed by atoms with Crippen molar-refractivity contribution in [3.8, 4) is 5.69 Å². The van der Waals surface area contributed by atoms with E-state index < -0.39 is 0 Å². The van der Waals surface area contributed by atoms with E-state index in [1.165, 1.54) is 4.68 Å². The van der Waals surface area contributed by atoms with Gasteiger partial charge in [0.05, 0.1) is 11.9 Å². The van der Waals surface area contributed by atoms with Gasteiger partial charge in [-0.2, -0.15) is 0 Å². The molecular weight excluding hydrogens is 300 g/mol. The second-order valence-electron chi connectivity index (χ2n) is 4.85. The van der Waals surface area contributed by atoms with E-state index in [0.717, 1.165) is 16.9 Å². The van der Waals surface area contributed by atoms with Crippen LogP contribution in [0.15, 0.2) is 54.7 Å². The van der Waals surface area contributed by atoms with Crippen LogP contribution in [0.5, 0.6) is 0 Å². The first kappa shape index (κ1) is 14.3. The molecule has 0 aliphatic heterocycles. The van der Waals surface area contributed by atoms with Crippen LogP contribution in [0.25, 0.3) is 5.69 Å². The maximum absolute atomic E-state index is 12.2. The monoisotopic (exact) mass is 312 g/mol. The van der Waals surface area contributed by atoms with Gasteiger partial charge in [0.25, 0.3) is 5.91 Å². The molecule has 5 nitrogen and oxygen atoms in total. The van der Waals surface area contributed by atoms with E-state index in [2.05, 4.69) is 15.6 Å². The summed E-state index contributed by atoms with van der Waals surface area (Å²) in [4.78, 5) is 12.2. The first-order valence-corrected chi connectivity index (χ1v) is 7.06.